The van der Waals surface area contributed by atoms with Gasteiger partial charge in [-0.05, 0) is 68.7 Å². The maximum atomic E-state index is 12.5. The molecule has 0 amide bonds. The molecule has 0 unspecified atom stereocenters. The van der Waals surface area contributed by atoms with Gasteiger partial charge >= 0.3 is 0 Å². The van der Waals surface area contributed by atoms with Crippen LogP contribution in [0.2, 0.25) is 0 Å². The summed E-state index contributed by atoms with van der Waals surface area (Å²) in [5, 5.41) is 4.48. The number of aryl methyl sites for hydroxylation is 1. The third-order valence-corrected chi connectivity index (χ3v) is 7.85. The minimum atomic E-state index is -3.45. The standard InChI is InChI=1S/C25H33N5O2S/c1-18-8-14-21(15-9-18)33(31,32)27-17-20-12-10-19(11-13-20)16-26-25-28-23-7-5-4-6-22(23)24(29-25)30(2)3/h4-9,14-15,19-20,27H,10-13,16-17H2,1-3H3,(H,26,28,29). The molecule has 3 aromatic rings. The zero-order valence-electron chi connectivity index (χ0n) is 19.6. The van der Waals surface area contributed by atoms with E-state index in [1.807, 2.05) is 62.3 Å². The second kappa shape index (κ2) is 10.1. The maximum absolute atomic E-state index is 12.5. The molecule has 0 aliphatic heterocycles. The van der Waals surface area contributed by atoms with Gasteiger partial charge < -0.3 is 10.2 Å². The topological polar surface area (TPSA) is 87.2 Å². The van der Waals surface area contributed by atoms with Gasteiger partial charge in [-0.1, -0.05) is 29.8 Å². The zero-order chi connectivity index (χ0) is 23.4. The summed E-state index contributed by atoms with van der Waals surface area (Å²) in [7, 11) is 0.538. The fourth-order valence-corrected chi connectivity index (χ4v) is 5.50. The summed E-state index contributed by atoms with van der Waals surface area (Å²) in [5.41, 5.74) is 1.98. The number of nitrogens with zero attached hydrogens (tertiary/aromatic N) is 3. The molecule has 176 valence electrons. The van der Waals surface area contributed by atoms with E-state index in [-0.39, 0.29) is 0 Å². The molecule has 0 radical (unpaired) electrons. The van der Waals surface area contributed by atoms with E-state index in [2.05, 4.69) is 15.0 Å². The summed E-state index contributed by atoms with van der Waals surface area (Å²) >= 11 is 0. The molecule has 8 heteroatoms. The predicted octanol–water partition coefficient (Wildman–Crippen LogP) is 4.20. The Labute approximate surface area is 196 Å². The SMILES string of the molecule is Cc1ccc(S(=O)(=O)NCC2CCC(CNc3nc(N(C)C)c4ccccc4n3)CC2)cc1. The van der Waals surface area contributed by atoms with Crippen LogP contribution in [0, 0.1) is 18.8 Å². The molecule has 0 bridgehead atoms. The molecule has 0 saturated heterocycles. The van der Waals surface area contributed by atoms with Gasteiger partial charge in [0.15, 0.2) is 0 Å². The molecular formula is C25H33N5O2S. The van der Waals surface area contributed by atoms with Crippen LogP contribution in [0.3, 0.4) is 0 Å². The molecule has 2 aromatic carbocycles. The fraction of sp³-hybridized carbons (Fsp3) is 0.440. The van der Waals surface area contributed by atoms with Gasteiger partial charge in [-0.3, -0.25) is 0 Å². The summed E-state index contributed by atoms with van der Waals surface area (Å²) in [6.07, 6.45) is 4.17. The van der Waals surface area contributed by atoms with Crippen LogP contribution in [-0.2, 0) is 10.0 Å². The third kappa shape index (κ3) is 5.81. The van der Waals surface area contributed by atoms with Crippen LogP contribution in [0.25, 0.3) is 10.9 Å². The highest BCUT2D eigenvalue weighted by molar-refractivity contribution is 7.89. The number of sulfonamides is 1. The molecule has 0 atom stereocenters. The number of hydrogen-bond donors (Lipinski definition) is 2. The largest absolute Gasteiger partial charge is 0.362 e. The number of aromatic nitrogens is 2. The molecule has 33 heavy (non-hydrogen) atoms. The molecule has 7 nitrogen and oxygen atoms in total. The van der Waals surface area contributed by atoms with Gasteiger partial charge in [0, 0.05) is 32.6 Å². The highest BCUT2D eigenvalue weighted by atomic mass is 32.2. The van der Waals surface area contributed by atoms with E-state index in [1.54, 1.807) is 12.1 Å². The van der Waals surface area contributed by atoms with Crippen molar-refractivity contribution in [1.29, 1.82) is 0 Å². The van der Waals surface area contributed by atoms with Crippen molar-refractivity contribution in [2.45, 2.75) is 37.5 Å². The van der Waals surface area contributed by atoms with Gasteiger partial charge in [-0.15, -0.1) is 0 Å². The Morgan fingerprint density at radius 3 is 2.21 bits per heavy atom. The summed E-state index contributed by atoms with van der Waals surface area (Å²) in [5.74, 6) is 2.48. The Balaban J connectivity index is 1.28. The molecule has 1 aromatic heterocycles. The summed E-state index contributed by atoms with van der Waals surface area (Å²) in [6, 6.07) is 15.0. The van der Waals surface area contributed by atoms with Crippen molar-refractivity contribution >= 4 is 32.7 Å². The molecule has 4 rings (SSSR count). The molecule has 1 fully saturated rings. The number of benzene rings is 2. The number of anilines is 2. The molecule has 1 aliphatic rings. The van der Waals surface area contributed by atoms with Crippen LogP contribution in [-0.4, -0.2) is 45.6 Å². The molecule has 1 saturated carbocycles. The molecule has 2 N–H and O–H groups in total. The van der Waals surface area contributed by atoms with Crippen LogP contribution in [0.5, 0.6) is 0 Å². The van der Waals surface area contributed by atoms with Crippen molar-refractivity contribution in [2.24, 2.45) is 11.8 Å². The number of para-hydroxylation sites is 1. The highest BCUT2D eigenvalue weighted by Crippen LogP contribution is 2.29. The number of fused-ring (bicyclic) bond motifs is 1. The van der Waals surface area contributed by atoms with Gasteiger partial charge in [0.1, 0.15) is 5.82 Å². The normalized spacial score (nSPS) is 18.9. The maximum Gasteiger partial charge on any atom is 0.240 e. The van der Waals surface area contributed by atoms with E-state index in [0.717, 1.165) is 54.5 Å². The lowest BCUT2D eigenvalue weighted by Gasteiger charge is -2.28. The quantitative estimate of drug-likeness (QED) is 0.516. The summed E-state index contributed by atoms with van der Waals surface area (Å²) in [6.45, 7) is 3.27. The van der Waals surface area contributed by atoms with Gasteiger partial charge in [0.2, 0.25) is 16.0 Å². The van der Waals surface area contributed by atoms with Crippen LogP contribution in [0.1, 0.15) is 31.2 Å². The Bertz CT molecular complexity index is 1190. The first-order chi connectivity index (χ1) is 15.8. The number of hydrogen-bond acceptors (Lipinski definition) is 6. The minimum absolute atomic E-state index is 0.332. The first-order valence-corrected chi connectivity index (χ1v) is 13.0. The summed E-state index contributed by atoms with van der Waals surface area (Å²) in [4.78, 5) is 11.7. The molecule has 0 spiro atoms. The smallest absolute Gasteiger partial charge is 0.240 e. The van der Waals surface area contributed by atoms with Crippen molar-refractivity contribution in [3.63, 3.8) is 0 Å². The Morgan fingerprint density at radius 1 is 0.909 bits per heavy atom. The number of nitrogens with one attached hydrogen (secondary N) is 2. The zero-order valence-corrected chi connectivity index (χ0v) is 20.4. The fourth-order valence-electron chi connectivity index (χ4n) is 4.38. The highest BCUT2D eigenvalue weighted by Gasteiger charge is 2.23. The van der Waals surface area contributed by atoms with Crippen molar-refractivity contribution in [3.8, 4) is 0 Å². The second-order valence-electron chi connectivity index (χ2n) is 9.21. The van der Waals surface area contributed by atoms with Crippen molar-refractivity contribution < 1.29 is 8.42 Å². The lowest BCUT2D eigenvalue weighted by Crippen LogP contribution is -2.32. The Hall–Kier alpha value is -2.71. The van der Waals surface area contributed by atoms with Gasteiger partial charge in [-0.2, -0.15) is 4.98 Å². The predicted molar refractivity (Wildman–Crippen MR) is 134 cm³/mol. The number of rotatable bonds is 8. The third-order valence-electron chi connectivity index (χ3n) is 6.42. The molecule has 1 heterocycles. The van der Waals surface area contributed by atoms with Crippen LogP contribution >= 0.6 is 0 Å². The second-order valence-corrected chi connectivity index (χ2v) is 11.0. The Kier molecular flexibility index (Phi) is 7.14. The first kappa shape index (κ1) is 23.4. The average Bonchev–Trinajstić information content (AvgIpc) is 2.82. The molecular weight excluding hydrogens is 434 g/mol. The van der Waals surface area contributed by atoms with E-state index < -0.39 is 10.0 Å². The summed E-state index contributed by atoms with van der Waals surface area (Å²) < 4.78 is 27.9. The van der Waals surface area contributed by atoms with Crippen LogP contribution in [0.4, 0.5) is 11.8 Å². The minimum Gasteiger partial charge on any atom is -0.362 e. The molecule has 1 aliphatic carbocycles. The van der Waals surface area contributed by atoms with Crippen molar-refractivity contribution in [2.75, 3.05) is 37.4 Å². The Morgan fingerprint density at radius 2 is 1.55 bits per heavy atom. The van der Waals surface area contributed by atoms with Gasteiger partial charge in [-0.25, -0.2) is 18.1 Å². The lowest BCUT2D eigenvalue weighted by molar-refractivity contribution is 0.284. The first-order valence-electron chi connectivity index (χ1n) is 11.6. The lowest BCUT2D eigenvalue weighted by atomic mass is 9.82. The van der Waals surface area contributed by atoms with Gasteiger partial charge in [0.25, 0.3) is 0 Å². The van der Waals surface area contributed by atoms with E-state index in [0.29, 0.717) is 29.2 Å². The van der Waals surface area contributed by atoms with Crippen LogP contribution < -0.4 is 14.9 Å². The van der Waals surface area contributed by atoms with E-state index >= 15 is 0 Å². The van der Waals surface area contributed by atoms with E-state index in [1.165, 1.54) is 0 Å². The van der Waals surface area contributed by atoms with E-state index in [9.17, 15) is 8.42 Å². The van der Waals surface area contributed by atoms with Crippen molar-refractivity contribution in [3.05, 3.63) is 54.1 Å². The van der Waals surface area contributed by atoms with Crippen molar-refractivity contribution in [1.82, 2.24) is 14.7 Å². The average molecular weight is 468 g/mol. The monoisotopic (exact) mass is 467 g/mol. The van der Waals surface area contributed by atoms with Gasteiger partial charge in [0.05, 0.1) is 10.4 Å². The van der Waals surface area contributed by atoms with Crippen LogP contribution in [0.15, 0.2) is 53.4 Å². The van der Waals surface area contributed by atoms with E-state index in [4.69, 9.17) is 4.98 Å².